The summed E-state index contributed by atoms with van der Waals surface area (Å²) in [4.78, 5) is 7.66. The van der Waals surface area contributed by atoms with E-state index in [1.54, 1.807) is 0 Å². The van der Waals surface area contributed by atoms with Crippen LogP contribution in [0.1, 0.15) is 0 Å². The van der Waals surface area contributed by atoms with E-state index in [0.717, 1.165) is 66.5 Å². The summed E-state index contributed by atoms with van der Waals surface area (Å²) in [5.41, 5.74) is 11.7. The van der Waals surface area contributed by atoms with Crippen molar-refractivity contribution >= 4 is 55.0 Å². The lowest BCUT2D eigenvalue weighted by atomic mass is 9.92. The molecule has 0 atom stereocenters. The van der Waals surface area contributed by atoms with E-state index in [-0.39, 0.29) is 0 Å². The average molecular weight is 611 g/mol. The number of fused-ring (bicyclic) bond motifs is 6. The molecule has 9 aromatic rings. The van der Waals surface area contributed by atoms with Crippen molar-refractivity contribution in [1.82, 2.24) is 9.13 Å². The van der Waals surface area contributed by atoms with Gasteiger partial charge in [-0.25, -0.2) is 9.69 Å². The van der Waals surface area contributed by atoms with Gasteiger partial charge < -0.3 is 9.13 Å². The Balaban J connectivity index is 1.36. The molecule has 0 N–H and O–H groups in total. The molecule has 0 aliphatic carbocycles. The summed E-state index contributed by atoms with van der Waals surface area (Å²) < 4.78 is 4.63. The number of nitrogens with zero attached hydrogens (tertiary/aromatic N) is 4. The molecule has 0 aliphatic heterocycles. The molecule has 7 aromatic carbocycles. The Morgan fingerprint density at radius 1 is 0.375 bits per heavy atom. The van der Waals surface area contributed by atoms with E-state index < -0.39 is 0 Å². The summed E-state index contributed by atoms with van der Waals surface area (Å²) in [5.74, 6) is 0. The lowest BCUT2D eigenvalue weighted by molar-refractivity contribution is 1.17. The third-order valence-electron chi connectivity index (χ3n) is 9.38. The van der Waals surface area contributed by atoms with Crippen LogP contribution in [0, 0.1) is 13.1 Å². The molecule has 2 heterocycles. The Hall–Kier alpha value is -6.88. The predicted octanol–water partition coefficient (Wildman–Crippen LogP) is 12.3. The van der Waals surface area contributed by atoms with Crippen molar-refractivity contribution in [3.63, 3.8) is 0 Å². The molecule has 0 saturated carbocycles. The van der Waals surface area contributed by atoms with Crippen LogP contribution in [-0.4, -0.2) is 9.13 Å². The molecule has 0 fully saturated rings. The molecule has 0 saturated heterocycles. The van der Waals surface area contributed by atoms with Crippen LogP contribution in [0.2, 0.25) is 0 Å². The van der Waals surface area contributed by atoms with Gasteiger partial charge in [0.2, 0.25) is 0 Å². The molecule has 2 aromatic heterocycles. The van der Waals surface area contributed by atoms with Gasteiger partial charge in [0, 0.05) is 27.4 Å². The van der Waals surface area contributed by atoms with Crippen molar-refractivity contribution < 1.29 is 0 Å². The molecule has 9 rings (SSSR count). The monoisotopic (exact) mass is 610 g/mol. The minimum absolute atomic E-state index is 0.606. The van der Waals surface area contributed by atoms with Gasteiger partial charge in [-0.1, -0.05) is 109 Å². The van der Waals surface area contributed by atoms with E-state index in [2.05, 4.69) is 128 Å². The van der Waals surface area contributed by atoms with E-state index in [4.69, 9.17) is 13.1 Å². The molecule has 0 aliphatic rings. The van der Waals surface area contributed by atoms with Crippen LogP contribution in [-0.2, 0) is 0 Å². The summed E-state index contributed by atoms with van der Waals surface area (Å²) in [6.07, 6.45) is 0. The van der Waals surface area contributed by atoms with Gasteiger partial charge in [-0.3, -0.25) is 0 Å². The zero-order chi connectivity index (χ0) is 32.2. The van der Waals surface area contributed by atoms with Crippen LogP contribution >= 0.6 is 0 Å². The summed E-state index contributed by atoms with van der Waals surface area (Å²) >= 11 is 0. The molecule has 4 nitrogen and oxygen atoms in total. The number of rotatable bonds is 4. The quantitative estimate of drug-likeness (QED) is 0.177. The predicted molar refractivity (Wildman–Crippen MR) is 199 cm³/mol. The van der Waals surface area contributed by atoms with E-state index in [1.807, 2.05) is 48.5 Å². The van der Waals surface area contributed by atoms with Gasteiger partial charge in [0.1, 0.15) is 0 Å². The zero-order valence-corrected chi connectivity index (χ0v) is 25.8. The molecule has 4 heteroatoms. The second-order valence-electron chi connectivity index (χ2n) is 11.9. The third kappa shape index (κ3) is 4.07. The van der Waals surface area contributed by atoms with Gasteiger partial charge in [-0.2, -0.15) is 0 Å². The van der Waals surface area contributed by atoms with Crippen molar-refractivity contribution in [3.8, 4) is 33.6 Å². The van der Waals surface area contributed by atoms with Gasteiger partial charge in [0.15, 0.2) is 11.4 Å². The smallest absolute Gasteiger partial charge is 0.194 e. The summed E-state index contributed by atoms with van der Waals surface area (Å²) in [5, 5.41) is 4.57. The lowest BCUT2D eigenvalue weighted by Gasteiger charge is -2.19. The number of benzene rings is 7. The molecule has 48 heavy (non-hydrogen) atoms. The normalized spacial score (nSPS) is 11.3. The maximum Gasteiger partial charge on any atom is 0.194 e. The van der Waals surface area contributed by atoms with E-state index >= 15 is 0 Å². The first kappa shape index (κ1) is 27.4. The van der Waals surface area contributed by atoms with Crippen molar-refractivity contribution in [1.29, 1.82) is 0 Å². The van der Waals surface area contributed by atoms with Crippen LogP contribution in [0.25, 0.3) is 86.9 Å². The van der Waals surface area contributed by atoms with Crippen LogP contribution < -0.4 is 0 Å². The van der Waals surface area contributed by atoms with Gasteiger partial charge in [0.25, 0.3) is 0 Å². The van der Waals surface area contributed by atoms with Gasteiger partial charge >= 0.3 is 0 Å². The average Bonchev–Trinajstić information content (AvgIpc) is 3.67. The van der Waals surface area contributed by atoms with Crippen molar-refractivity contribution in [2.24, 2.45) is 0 Å². The van der Waals surface area contributed by atoms with Crippen LogP contribution in [0.5, 0.6) is 0 Å². The van der Waals surface area contributed by atoms with Gasteiger partial charge in [0.05, 0.1) is 40.9 Å². The topological polar surface area (TPSA) is 18.6 Å². The fraction of sp³-hybridized carbons (Fsp3) is 0. The molecule has 222 valence electrons. The largest absolute Gasteiger partial charge is 0.309 e. The van der Waals surface area contributed by atoms with Crippen molar-refractivity contribution in [3.05, 3.63) is 181 Å². The maximum atomic E-state index is 8.08. The molecule has 0 radical (unpaired) electrons. The molecule has 0 bridgehead atoms. The van der Waals surface area contributed by atoms with Gasteiger partial charge in [-0.15, -0.1) is 0 Å². The molecular formula is C44H26N4. The van der Waals surface area contributed by atoms with Crippen LogP contribution in [0.15, 0.2) is 158 Å². The zero-order valence-electron chi connectivity index (χ0n) is 25.8. The standard InChI is InChI=1S/C44H26N4/c1-45-29-23-26-44-38(27-29)36-17-7-9-19-40(36)47(44)30-24-25-31(37(28-30)32-13-3-8-18-39(32)46-2)33-14-4-10-20-41(33)48-42-21-11-5-15-34(42)35-16-6-12-22-43(35)48/h3-28H. The van der Waals surface area contributed by atoms with Crippen molar-refractivity contribution in [2.75, 3.05) is 0 Å². The number of hydrogen-bond acceptors (Lipinski definition) is 0. The van der Waals surface area contributed by atoms with E-state index in [1.165, 1.54) is 10.8 Å². The highest BCUT2D eigenvalue weighted by Gasteiger charge is 2.20. The van der Waals surface area contributed by atoms with Gasteiger partial charge in [-0.05, 0) is 70.6 Å². The van der Waals surface area contributed by atoms with Crippen molar-refractivity contribution in [2.45, 2.75) is 0 Å². The third-order valence-corrected chi connectivity index (χ3v) is 9.38. The Bertz CT molecular complexity index is 2760. The SMILES string of the molecule is [C-]#[N+]c1ccc2c(c1)c1ccccc1n2-c1ccc(-c2ccccc2-n2c3ccccc3c3ccccc32)c(-c2ccccc2[N+]#[C-])c1. The fourth-order valence-electron chi connectivity index (χ4n) is 7.31. The Kier molecular flexibility index (Phi) is 6.22. The minimum atomic E-state index is 0.606. The number of aromatic nitrogens is 2. The summed E-state index contributed by atoms with van der Waals surface area (Å²) in [6, 6.07) is 54.4. The number of para-hydroxylation sites is 5. The molecular weight excluding hydrogens is 585 g/mol. The highest BCUT2D eigenvalue weighted by Crippen LogP contribution is 2.44. The van der Waals surface area contributed by atoms with E-state index in [0.29, 0.717) is 11.4 Å². The summed E-state index contributed by atoms with van der Waals surface area (Å²) in [7, 11) is 0. The Morgan fingerprint density at radius 3 is 1.62 bits per heavy atom. The Labute approximate surface area is 277 Å². The maximum absolute atomic E-state index is 8.08. The minimum Gasteiger partial charge on any atom is -0.309 e. The van der Waals surface area contributed by atoms with Crippen LogP contribution in [0.3, 0.4) is 0 Å². The molecule has 0 unspecified atom stereocenters. The Morgan fingerprint density at radius 2 is 0.938 bits per heavy atom. The summed E-state index contributed by atoms with van der Waals surface area (Å²) in [6.45, 7) is 15.7. The highest BCUT2D eigenvalue weighted by atomic mass is 15.0. The first-order chi connectivity index (χ1) is 23.7. The lowest BCUT2D eigenvalue weighted by Crippen LogP contribution is -2.00. The first-order valence-corrected chi connectivity index (χ1v) is 15.8. The second kappa shape index (κ2) is 10.9. The molecule has 0 spiro atoms. The highest BCUT2D eigenvalue weighted by molar-refractivity contribution is 6.11. The van der Waals surface area contributed by atoms with E-state index in [9.17, 15) is 0 Å². The number of hydrogen-bond donors (Lipinski definition) is 0. The first-order valence-electron chi connectivity index (χ1n) is 15.8. The second-order valence-corrected chi connectivity index (χ2v) is 11.9. The van der Waals surface area contributed by atoms with Crippen LogP contribution in [0.4, 0.5) is 11.4 Å². The fourth-order valence-corrected chi connectivity index (χ4v) is 7.31. The molecule has 0 amide bonds.